The second kappa shape index (κ2) is 4.47. The Morgan fingerprint density at radius 3 is 2.76 bits per heavy atom. The molecule has 92 valence electrons. The standard InChI is InChI=1S/C10H11NO3S3/c1-3-15-10-11-6-4-7(12)9(17(2,13)14)5-8(6)16-10/h4-5,12H,3H2,1-2H3. The van der Waals surface area contributed by atoms with E-state index >= 15 is 0 Å². The van der Waals surface area contributed by atoms with Crippen LogP contribution < -0.4 is 0 Å². The van der Waals surface area contributed by atoms with Crippen molar-refractivity contribution in [1.29, 1.82) is 0 Å². The molecule has 0 aliphatic rings. The van der Waals surface area contributed by atoms with E-state index in [0.717, 1.165) is 21.0 Å². The van der Waals surface area contributed by atoms with Crippen molar-refractivity contribution >= 4 is 43.2 Å². The van der Waals surface area contributed by atoms with Crippen LogP contribution in [-0.2, 0) is 9.84 Å². The number of aromatic hydroxyl groups is 1. The number of phenols is 1. The number of nitrogens with zero attached hydrogens (tertiary/aromatic N) is 1. The predicted molar refractivity (Wildman–Crippen MR) is 70.8 cm³/mol. The number of hydrogen-bond donors (Lipinski definition) is 1. The number of thiazole rings is 1. The first-order valence-electron chi connectivity index (χ1n) is 4.88. The summed E-state index contributed by atoms with van der Waals surface area (Å²) in [6.07, 6.45) is 1.08. The lowest BCUT2D eigenvalue weighted by Crippen LogP contribution is -1.96. The SMILES string of the molecule is CCSc1nc2cc(O)c(S(C)(=O)=O)cc2s1. The third-order valence-electron chi connectivity index (χ3n) is 2.12. The molecular weight excluding hydrogens is 278 g/mol. The fourth-order valence-corrected chi connectivity index (χ4v) is 4.24. The minimum absolute atomic E-state index is 0.0401. The Hall–Kier alpha value is -0.790. The Balaban J connectivity index is 2.64. The second-order valence-corrected chi connectivity index (χ2v) is 8.00. The van der Waals surface area contributed by atoms with Crippen molar-refractivity contribution in [1.82, 2.24) is 4.98 Å². The second-order valence-electron chi connectivity index (χ2n) is 3.47. The molecule has 0 amide bonds. The topological polar surface area (TPSA) is 67.3 Å². The molecule has 0 aliphatic carbocycles. The van der Waals surface area contributed by atoms with Gasteiger partial charge in [-0.2, -0.15) is 0 Å². The molecule has 0 radical (unpaired) electrons. The molecular formula is C10H11NO3S3. The molecule has 0 unspecified atom stereocenters. The van der Waals surface area contributed by atoms with Crippen molar-refractivity contribution in [3.63, 3.8) is 0 Å². The van der Waals surface area contributed by atoms with Crippen molar-refractivity contribution in [3.05, 3.63) is 12.1 Å². The van der Waals surface area contributed by atoms with Crippen LogP contribution in [0.15, 0.2) is 21.4 Å². The predicted octanol–water partition coefficient (Wildman–Crippen LogP) is 2.52. The van der Waals surface area contributed by atoms with Crippen molar-refractivity contribution in [3.8, 4) is 5.75 Å². The average molecular weight is 289 g/mol. The molecule has 4 nitrogen and oxygen atoms in total. The number of benzene rings is 1. The monoisotopic (exact) mass is 289 g/mol. The van der Waals surface area contributed by atoms with Crippen molar-refractivity contribution in [2.45, 2.75) is 16.2 Å². The number of thioether (sulfide) groups is 1. The summed E-state index contributed by atoms with van der Waals surface area (Å²) in [4.78, 5) is 4.27. The summed E-state index contributed by atoms with van der Waals surface area (Å²) in [6, 6.07) is 2.89. The molecule has 1 heterocycles. The van der Waals surface area contributed by atoms with E-state index in [4.69, 9.17) is 0 Å². The van der Waals surface area contributed by atoms with E-state index in [1.165, 1.54) is 23.5 Å². The summed E-state index contributed by atoms with van der Waals surface area (Å²) < 4.78 is 24.6. The van der Waals surface area contributed by atoms with E-state index in [9.17, 15) is 13.5 Å². The lowest BCUT2D eigenvalue weighted by atomic mass is 10.3. The molecule has 2 aromatic rings. The van der Waals surface area contributed by atoms with Gasteiger partial charge in [-0.25, -0.2) is 13.4 Å². The summed E-state index contributed by atoms with van der Waals surface area (Å²) >= 11 is 3.03. The molecule has 0 bridgehead atoms. The Kier molecular flexibility index (Phi) is 3.33. The molecule has 17 heavy (non-hydrogen) atoms. The van der Waals surface area contributed by atoms with Crippen LogP contribution in [0.2, 0.25) is 0 Å². The van der Waals surface area contributed by atoms with Crippen molar-refractivity contribution < 1.29 is 13.5 Å². The maximum Gasteiger partial charge on any atom is 0.179 e. The van der Waals surface area contributed by atoms with Gasteiger partial charge in [-0.3, -0.25) is 0 Å². The molecule has 1 aromatic heterocycles. The van der Waals surface area contributed by atoms with Crippen LogP contribution in [0.1, 0.15) is 6.92 Å². The van der Waals surface area contributed by atoms with Crippen LogP contribution in [0.4, 0.5) is 0 Å². The van der Waals surface area contributed by atoms with E-state index in [1.807, 2.05) is 6.92 Å². The van der Waals surface area contributed by atoms with Crippen LogP contribution in [-0.4, -0.2) is 30.5 Å². The van der Waals surface area contributed by atoms with Crippen LogP contribution >= 0.6 is 23.1 Å². The summed E-state index contributed by atoms with van der Waals surface area (Å²) in [7, 11) is -3.41. The largest absolute Gasteiger partial charge is 0.507 e. The van der Waals surface area contributed by atoms with Gasteiger partial charge in [-0.15, -0.1) is 11.3 Å². The van der Waals surface area contributed by atoms with Crippen LogP contribution in [0.5, 0.6) is 5.75 Å². The molecule has 0 spiro atoms. The third-order valence-corrected chi connectivity index (χ3v) is 5.29. The molecule has 0 aliphatic heterocycles. The number of phenolic OH excluding ortho intramolecular Hbond substituents is 1. The number of rotatable bonds is 3. The number of hydrogen-bond acceptors (Lipinski definition) is 6. The van der Waals surface area contributed by atoms with Gasteiger partial charge in [0.05, 0.1) is 10.2 Å². The van der Waals surface area contributed by atoms with E-state index in [1.54, 1.807) is 11.8 Å². The van der Waals surface area contributed by atoms with Gasteiger partial charge in [0.1, 0.15) is 10.6 Å². The maximum absolute atomic E-state index is 11.4. The number of fused-ring (bicyclic) bond motifs is 1. The first kappa shape index (κ1) is 12.7. The Morgan fingerprint density at radius 2 is 2.18 bits per heavy atom. The van der Waals surface area contributed by atoms with Gasteiger partial charge in [-0.05, 0) is 11.8 Å². The molecule has 0 saturated heterocycles. The maximum atomic E-state index is 11.4. The van der Waals surface area contributed by atoms with Gasteiger partial charge in [0.2, 0.25) is 0 Å². The van der Waals surface area contributed by atoms with Crippen LogP contribution in [0.25, 0.3) is 10.2 Å². The number of sulfone groups is 1. The lowest BCUT2D eigenvalue weighted by molar-refractivity contribution is 0.460. The highest BCUT2D eigenvalue weighted by Crippen LogP contribution is 2.34. The Morgan fingerprint density at radius 1 is 1.47 bits per heavy atom. The third kappa shape index (κ3) is 2.56. The summed E-state index contributed by atoms with van der Waals surface area (Å²) in [5.41, 5.74) is 0.635. The average Bonchev–Trinajstić information content (AvgIpc) is 2.57. The van der Waals surface area contributed by atoms with Crippen molar-refractivity contribution in [2.75, 3.05) is 12.0 Å². The van der Waals surface area contributed by atoms with Gasteiger partial charge >= 0.3 is 0 Å². The zero-order valence-corrected chi connectivity index (χ0v) is 11.7. The van der Waals surface area contributed by atoms with Gasteiger partial charge < -0.3 is 5.11 Å². The summed E-state index contributed by atoms with van der Waals surface area (Å²) in [6.45, 7) is 2.02. The van der Waals surface area contributed by atoms with Gasteiger partial charge in [0.15, 0.2) is 14.2 Å². The van der Waals surface area contributed by atoms with E-state index in [2.05, 4.69) is 4.98 Å². The highest BCUT2D eigenvalue weighted by Gasteiger charge is 2.16. The summed E-state index contributed by atoms with van der Waals surface area (Å²) in [5, 5.41) is 9.66. The Bertz CT molecular complexity index is 661. The lowest BCUT2D eigenvalue weighted by Gasteiger charge is -2.00. The Labute approximate surface area is 108 Å². The number of aromatic nitrogens is 1. The first-order valence-corrected chi connectivity index (χ1v) is 8.57. The van der Waals surface area contributed by atoms with Crippen LogP contribution in [0.3, 0.4) is 0 Å². The van der Waals surface area contributed by atoms with E-state index in [0.29, 0.717) is 5.52 Å². The first-order chi connectivity index (χ1) is 7.91. The minimum Gasteiger partial charge on any atom is -0.507 e. The quantitative estimate of drug-likeness (QED) is 0.879. The van der Waals surface area contributed by atoms with Gasteiger partial charge in [0, 0.05) is 12.3 Å². The van der Waals surface area contributed by atoms with Gasteiger partial charge in [-0.1, -0.05) is 18.7 Å². The molecule has 1 aromatic carbocycles. The van der Waals surface area contributed by atoms with Gasteiger partial charge in [0.25, 0.3) is 0 Å². The molecule has 2 rings (SSSR count). The van der Waals surface area contributed by atoms with Crippen molar-refractivity contribution in [2.24, 2.45) is 0 Å². The minimum atomic E-state index is -3.41. The molecule has 7 heteroatoms. The molecule has 0 saturated carbocycles. The normalized spacial score (nSPS) is 12.1. The molecule has 0 fully saturated rings. The zero-order valence-electron chi connectivity index (χ0n) is 9.30. The zero-order chi connectivity index (χ0) is 12.6. The van der Waals surface area contributed by atoms with Crippen LogP contribution in [0, 0.1) is 0 Å². The molecule has 0 atom stereocenters. The fraction of sp³-hybridized carbons (Fsp3) is 0.300. The highest BCUT2D eigenvalue weighted by atomic mass is 32.2. The highest BCUT2D eigenvalue weighted by molar-refractivity contribution is 8.01. The molecule has 1 N–H and O–H groups in total. The summed E-state index contributed by atoms with van der Waals surface area (Å²) in [5.74, 6) is 0.670. The van der Waals surface area contributed by atoms with E-state index < -0.39 is 9.84 Å². The smallest absolute Gasteiger partial charge is 0.179 e. The van der Waals surface area contributed by atoms with E-state index in [-0.39, 0.29) is 10.6 Å². The fourth-order valence-electron chi connectivity index (χ4n) is 1.41.